The summed E-state index contributed by atoms with van der Waals surface area (Å²) < 4.78 is 22.8. The van der Waals surface area contributed by atoms with Gasteiger partial charge in [-0.15, -0.1) is 0 Å². The van der Waals surface area contributed by atoms with Gasteiger partial charge in [-0.1, -0.05) is 60.8 Å². The van der Waals surface area contributed by atoms with E-state index in [1.54, 1.807) is 0 Å². The lowest BCUT2D eigenvalue weighted by molar-refractivity contribution is -0.154. The van der Waals surface area contributed by atoms with Crippen LogP contribution in [0.3, 0.4) is 0 Å². The van der Waals surface area contributed by atoms with Crippen molar-refractivity contribution in [1.29, 1.82) is 0 Å². The Kier molecular flexibility index (Phi) is 12.0. The van der Waals surface area contributed by atoms with Gasteiger partial charge in [0.15, 0.2) is 19.7 Å². The smallest absolute Gasteiger partial charge is 0.354 e. The summed E-state index contributed by atoms with van der Waals surface area (Å²) in [6.45, 7) is 25.5. The summed E-state index contributed by atoms with van der Waals surface area (Å²) in [6, 6.07) is 1.85. The zero-order chi connectivity index (χ0) is 33.9. The summed E-state index contributed by atoms with van der Waals surface area (Å²) in [5.74, 6) is -0.144. The van der Waals surface area contributed by atoms with Gasteiger partial charge >= 0.3 is 11.9 Å². The predicted octanol–water partition coefficient (Wildman–Crippen LogP) is 7.44. The van der Waals surface area contributed by atoms with E-state index < -0.39 is 28.1 Å². The van der Waals surface area contributed by atoms with Crippen LogP contribution >= 0.6 is 0 Å². The van der Waals surface area contributed by atoms with Gasteiger partial charge in [-0.05, 0) is 80.0 Å². The molecule has 1 fully saturated rings. The lowest BCUT2D eigenvalue weighted by Gasteiger charge is -2.48. The maximum atomic E-state index is 13.0. The van der Waals surface area contributed by atoms with Gasteiger partial charge in [0.2, 0.25) is 5.91 Å². The number of nitrogens with one attached hydrogen (secondary N) is 2. The second-order valence-electron chi connectivity index (χ2n) is 15.4. The Bertz CT molecular complexity index is 1220. The number of carbonyl (C=O) groups is 3. The molecule has 0 saturated heterocycles. The predicted molar refractivity (Wildman–Crippen MR) is 180 cm³/mol. The molecule has 44 heavy (non-hydrogen) atoms. The van der Waals surface area contributed by atoms with Crippen LogP contribution in [0, 0.1) is 12.8 Å². The van der Waals surface area contributed by atoms with E-state index in [1.165, 1.54) is 26.7 Å². The highest BCUT2D eigenvalue weighted by molar-refractivity contribution is 6.75. The van der Waals surface area contributed by atoms with Crippen molar-refractivity contribution in [3.63, 3.8) is 0 Å². The molecule has 11 heteroatoms. The average molecular weight is 651 g/mol. The second-order valence-corrected chi connectivity index (χ2v) is 24.8. The van der Waals surface area contributed by atoms with Crippen LogP contribution in [-0.4, -0.2) is 65.3 Å². The second kappa shape index (κ2) is 13.9. The highest BCUT2D eigenvalue weighted by Crippen LogP contribution is 2.45. The summed E-state index contributed by atoms with van der Waals surface area (Å²) in [4.78, 5) is 39.7. The van der Waals surface area contributed by atoms with Gasteiger partial charge < -0.3 is 28.6 Å². The minimum absolute atomic E-state index is 0.0114. The van der Waals surface area contributed by atoms with Crippen LogP contribution in [0.1, 0.15) is 96.6 Å². The minimum Gasteiger partial charge on any atom is -0.532 e. The van der Waals surface area contributed by atoms with E-state index in [9.17, 15) is 14.4 Å². The van der Waals surface area contributed by atoms with Crippen LogP contribution < -0.4 is 9.74 Å². The van der Waals surface area contributed by atoms with Gasteiger partial charge in [-0.25, -0.2) is 9.59 Å². The Labute approximate surface area is 267 Å². The van der Waals surface area contributed by atoms with Crippen molar-refractivity contribution >= 4 is 34.5 Å². The minimum atomic E-state index is -2.16. The number of aromatic nitrogens is 1. The number of esters is 2. The lowest BCUT2D eigenvalue weighted by Crippen LogP contribution is -2.65. The van der Waals surface area contributed by atoms with Gasteiger partial charge in [0.05, 0.1) is 20.3 Å². The Balaban J connectivity index is 0.000000329. The molecular weight excluding hydrogens is 593 g/mol. The van der Waals surface area contributed by atoms with Crippen molar-refractivity contribution in [1.82, 2.24) is 10.3 Å². The normalized spacial score (nSPS) is 20.6. The Morgan fingerprint density at radius 2 is 1.45 bits per heavy atom. The molecule has 2 heterocycles. The van der Waals surface area contributed by atoms with Crippen molar-refractivity contribution in [3.8, 4) is 5.88 Å². The molecule has 0 radical (unpaired) electrons. The van der Waals surface area contributed by atoms with Crippen molar-refractivity contribution in [2.75, 3.05) is 14.2 Å². The molecule has 1 aromatic rings. The van der Waals surface area contributed by atoms with Crippen LogP contribution in [0.15, 0.2) is 17.7 Å². The first kappa shape index (κ1) is 37.8. The standard InChI is InChI=1S/C20H35NO4Si.C13H23NO3Si/c1-14-13-16(22)21-20(14,18(23)24-5)17(15-11-9-8-10-12-15)25-26(6,7)19(2,3)4;1-9-8-10(14-11(9)12(15)16-5)17-18(6,7)13(2,3)4/h13,15,17H,8-12H2,1-7H3,(H,21,22);8,14H,1-7H3/t17-,20-;/m0./s1. The number of amides is 1. The molecule has 1 aliphatic carbocycles. The quantitative estimate of drug-likeness (QED) is 0.222. The summed E-state index contributed by atoms with van der Waals surface area (Å²) in [5, 5.41) is 3.06. The molecule has 1 aliphatic heterocycles. The van der Waals surface area contributed by atoms with Gasteiger partial charge in [0.1, 0.15) is 5.69 Å². The van der Waals surface area contributed by atoms with E-state index in [2.05, 4.69) is 78.0 Å². The third-order valence-electron chi connectivity index (χ3n) is 10.1. The topological polar surface area (TPSA) is 116 Å². The first-order chi connectivity index (χ1) is 20.0. The van der Waals surface area contributed by atoms with Gasteiger partial charge in [0.25, 0.3) is 8.32 Å². The largest absolute Gasteiger partial charge is 0.532 e. The van der Waals surface area contributed by atoms with E-state index in [0.717, 1.165) is 31.2 Å². The molecule has 0 aromatic carbocycles. The highest BCUT2D eigenvalue weighted by Gasteiger charge is 2.58. The number of rotatable bonds is 8. The van der Waals surface area contributed by atoms with E-state index in [-0.39, 0.29) is 34.0 Å². The monoisotopic (exact) mass is 650 g/mol. The number of ether oxygens (including phenoxy) is 2. The molecule has 1 amide bonds. The summed E-state index contributed by atoms with van der Waals surface area (Å²) in [6.07, 6.45) is 6.64. The molecule has 2 atom stereocenters. The maximum absolute atomic E-state index is 13.0. The third kappa shape index (κ3) is 8.25. The van der Waals surface area contributed by atoms with E-state index in [0.29, 0.717) is 17.1 Å². The molecule has 0 spiro atoms. The van der Waals surface area contributed by atoms with Crippen LogP contribution in [0.4, 0.5) is 0 Å². The number of aromatic amines is 1. The molecule has 2 aliphatic rings. The van der Waals surface area contributed by atoms with Gasteiger partial charge in [0, 0.05) is 12.1 Å². The molecular formula is C33H58N2O7Si2. The van der Waals surface area contributed by atoms with Crippen molar-refractivity contribution in [2.45, 2.75) is 135 Å². The van der Waals surface area contributed by atoms with Crippen LogP contribution in [0.2, 0.25) is 36.3 Å². The molecule has 0 unspecified atom stereocenters. The fourth-order valence-electron chi connectivity index (χ4n) is 5.22. The molecule has 250 valence electrons. The summed E-state index contributed by atoms with van der Waals surface area (Å²) in [5.41, 5.74) is 0.800. The zero-order valence-corrected chi connectivity index (χ0v) is 31.7. The average Bonchev–Trinajstić information content (AvgIpc) is 3.43. The van der Waals surface area contributed by atoms with Crippen LogP contribution in [0.25, 0.3) is 0 Å². The number of carbonyl (C=O) groups excluding carboxylic acids is 3. The highest BCUT2D eigenvalue weighted by atomic mass is 28.4. The molecule has 1 saturated carbocycles. The van der Waals surface area contributed by atoms with Crippen molar-refractivity contribution in [3.05, 3.63) is 29.0 Å². The number of H-pyrrole nitrogens is 1. The Hall–Kier alpha value is -2.38. The summed E-state index contributed by atoms with van der Waals surface area (Å²) in [7, 11) is -1.29. The van der Waals surface area contributed by atoms with Crippen molar-refractivity contribution in [2.24, 2.45) is 5.92 Å². The van der Waals surface area contributed by atoms with Crippen LogP contribution in [-0.2, 0) is 23.5 Å². The molecule has 1 aromatic heterocycles. The first-order valence-corrected chi connectivity index (χ1v) is 21.6. The van der Waals surface area contributed by atoms with Gasteiger partial charge in [-0.3, -0.25) is 4.79 Å². The first-order valence-electron chi connectivity index (χ1n) is 15.8. The van der Waals surface area contributed by atoms with Crippen LogP contribution in [0.5, 0.6) is 5.88 Å². The third-order valence-corrected chi connectivity index (χ3v) is 18.9. The van der Waals surface area contributed by atoms with Crippen molar-refractivity contribution < 1.29 is 32.7 Å². The number of hydrogen-bond donors (Lipinski definition) is 2. The zero-order valence-electron chi connectivity index (χ0n) is 29.7. The summed E-state index contributed by atoms with van der Waals surface area (Å²) >= 11 is 0. The van der Waals surface area contributed by atoms with E-state index in [1.807, 2.05) is 19.9 Å². The fourth-order valence-corrected chi connectivity index (χ4v) is 7.54. The molecule has 0 bridgehead atoms. The Morgan fingerprint density at radius 1 is 0.909 bits per heavy atom. The lowest BCUT2D eigenvalue weighted by atomic mass is 9.74. The molecule has 3 rings (SSSR count). The maximum Gasteiger partial charge on any atom is 0.354 e. The molecule has 2 N–H and O–H groups in total. The number of aryl methyl sites for hydroxylation is 1. The molecule has 9 nitrogen and oxygen atoms in total. The van der Waals surface area contributed by atoms with E-state index >= 15 is 0 Å². The number of hydrogen-bond acceptors (Lipinski definition) is 7. The fraction of sp³-hybridized carbons (Fsp3) is 0.727. The number of methoxy groups -OCH3 is 2. The SMILES string of the molecule is COC(=O)[C@]1([C@@H](O[Si](C)(C)C(C)(C)C)C2CCCCC2)NC(=O)C=C1C.COC(=O)c1[nH]c(O[Si](C)(C)C(C)(C)C)cc1C. The van der Waals surface area contributed by atoms with E-state index in [4.69, 9.17) is 18.3 Å². The van der Waals surface area contributed by atoms with Gasteiger partial charge in [-0.2, -0.15) is 0 Å². The Morgan fingerprint density at radius 3 is 1.89 bits per heavy atom.